The lowest BCUT2D eigenvalue weighted by atomic mass is 10.2. The third-order valence-corrected chi connectivity index (χ3v) is 2.94. The van der Waals surface area contributed by atoms with Gasteiger partial charge in [0.15, 0.2) is 0 Å². The molecule has 0 aliphatic heterocycles. The van der Waals surface area contributed by atoms with Crippen LogP contribution in [0.5, 0.6) is 0 Å². The number of carbonyl (C=O) groups is 2. The summed E-state index contributed by atoms with van der Waals surface area (Å²) in [5, 5.41) is 9.16. The molecule has 0 saturated heterocycles. The lowest BCUT2D eigenvalue weighted by Gasteiger charge is -2.07. The van der Waals surface area contributed by atoms with Crippen LogP contribution >= 0.6 is 11.8 Å². The fraction of sp³-hybridized carbons (Fsp3) is 0.455. The highest BCUT2D eigenvalue weighted by molar-refractivity contribution is 7.99. The maximum Gasteiger partial charge on any atom is 0.313 e. The van der Waals surface area contributed by atoms with Crippen LogP contribution in [0.1, 0.15) is 18.3 Å². The molecule has 7 heteroatoms. The maximum absolute atomic E-state index is 11.4. The van der Waals surface area contributed by atoms with Gasteiger partial charge in [-0.1, -0.05) is 11.8 Å². The van der Waals surface area contributed by atoms with E-state index in [1.807, 2.05) is 0 Å². The van der Waals surface area contributed by atoms with Crippen molar-refractivity contribution < 1.29 is 19.4 Å². The highest BCUT2D eigenvalue weighted by atomic mass is 32.2. The number of aromatic nitrogens is 2. The number of aryl methyl sites for hydroxylation is 1. The Morgan fingerprint density at radius 1 is 1.50 bits per heavy atom. The van der Waals surface area contributed by atoms with E-state index in [1.165, 1.54) is 6.20 Å². The average molecular weight is 270 g/mol. The Kier molecular flexibility index (Phi) is 5.57. The van der Waals surface area contributed by atoms with Gasteiger partial charge < -0.3 is 9.84 Å². The van der Waals surface area contributed by atoms with Gasteiger partial charge in [0.2, 0.25) is 0 Å². The minimum absolute atomic E-state index is 0.0517. The van der Waals surface area contributed by atoms with Gasteiger partial charge in [0.1, 0.15) is 10.9 Å². The van der Waals surface area contributed by atoms with Crippen molar-refractivity contribution in [2.75, 3.05) is 12.4 Å². The van der Waals surface area contributed by atoms with Gasteiger partial charge in [0.05, 0.1) is 18.8 Å². The van der Waals surface area contributed by atoms with Gasteiger partial charge in [-0.3, -0.25) is 9.59 Å². The third kappa shape index (κ3) is 4.70. The van der Waals surface area contributed by atoms with Gasteiger partial charge >= 0.3 is 11.9 Å². The molecule has 0 aliphatic carbocycles. The summed E-state index contributed by atoms with van der Waals surface area (Å²) in [6.45, 7) is 3.74. The topological polar surface area (TPSA) is 89.4 Å². The molecule has 0 spiro atoms. The summed E-state index contributed by atoms with van der Waals surface area (Å²) in [4.78, 5) is 30.1. The SMILES string of the molecule is CCOC(=O)Cc1cnc(C)nc1SCC(=O)O. The molecule has 0 amide bonds. The number of nitrogens with zero attached hydrogens (tertiary/aromatic N) is 2. The standard InChI is InChI=1S/C11H14N2O4S/c1-3-17-10(16)4-8-5-12-7(2)13-11(8)18-6-9(14)15/h5H,3-4,6H2,1-2H3,(H,14,15). The molecule has 0 unspecified atom stereocenters. The lowest BCUT2D eigenvalue weighted by molar-refractivity contribution is -0.142. The summed E-state index contributed by atoms with van der Waals surface area (Å²) >= 11 is 1.07. The zero-order valence-corrected chi connectivity index (χ0v) is 11.0. The Morgan fingerprint density at radius 2 is 2.22 bits per heavy atom. The number of carbonyl (C=O) groups excluding carboxylic acids is 1. The van der Waals surface area contributed by atoms with E-state index in [1.54, 1.807) is 13.8 Å². The molecule has 98 valence electrons. The van der Waals surface area contributed by atoms with Crippen LogP contribution in [0.15, 0.2) is 11.2 Å². The average Bonchev–Trinajstić information content (AvgIpc) is 2.29. The molecule has 1 aromatic rings. The minimum Gasteiger partial charge on any atom is -0.481 e. The number of thioether (sulfide) groups is 1. The van der Waals surface area contributed by atoms with Crippen molar-refractivity contribution >= 4 is 23.7 Å². The van der Waals surface area contributed by atoms with Crippen molar-refractivity contribution in [1.29, 1.82) is 0 Å². The highest BCUT2D eigenvalue weighted by Gasteiger charge is 2.13. The monoisotopic (exact) mass is 270 g/mol. The normalized spacial score (nSPS) is 10.1. The second-order valence-electron chi connectivity index (χ2n) is 3.41. The molecule has 6 nitrogen and oxygen atoms in total. The van der Waals surface area contributed by atoms with Crippen LogP contribution in [0.25, 0.3) is 0 Å². The molecule has 1 rings (SSSR count). The molecule has 0 aromatic carbocycles. The van der Waals surface area contributed by atoms with Crippen LogP contribution in [0.4, 0.5) is 0 Å². The van der Waals surface area contributed by atoms with Gasteiger partial charge in [-0.2, -0.15) is 0 Å². The molecular formula is C11H14N2O4S. The first kappa shape index (κ1) is 14.4. The van der Waals surface area contributed by atoms with Gasteiger partial charge in [-0.05, 0) is 13.8 Å². The molecular weight excluding hydrogens is 256 g/mol. The first-order valence-corrected chi connectivity index (χ1v) is 6.34. The third-order valence-electron chi connectivity index (χ3n) is 1.92. The van der Waals surface area contributed by atoms with Gasteiger partial charge in [0, 0.05) is 11.8 Å². The van der Waals surface area contributed by atoms with E-state index in [9.17, 15) is 9.59 Å². The fourth-order valence-corrected chi connectivity index (χ4v) is 1.99. The zero-order chi connectivity index (χ0) is 13.5. The molecule has 18 heavy (non-hydrogen) atoms. The number of carboxylic acids is 1. The summed E-state index contributed by atoms with van der Waals surface area (Å²) < 4.78 is 4.84. The van der Waals surface area contributed by atoms with Crippen LogP contribution < -0.4 is 0 Å². The quantitative estimate of drug-likeness (QED) is 0.469. The first-order chi connectivity index (χ1) is 8.52. The summed E-state index contributed by atoms with van der Waals surface area (Å²) in [6, 6.07) is 0. The second kappa shape index (κ2) is 6.95. The van der Waals surface area contributed by atoms with Crippen LogP contribution in [-0.4, -0.2) is 39.4 Å². The first-order valence-electron chi connectivity index (χ1n) is 5.35. The number of ether oxygens (including phenoxy) is 1. The van der Waals surface area contributed by atoms with Crippen molar-refractivity contribution in [3.8, 4) is 0 Å². The molecule has 0 fully saturated rings. The molecule has 0 atom stereocenters. The smallest absolute Gasteiger partial charge is 0.313 e. The second-order valence-corrected chi connectivity index (χ2v) is 4.38. The number of aliphatic carboxylic acids is 1. The number of hydrogen-bond acceptors (Lipinski definition) is 6. The highest BCUT2D eigenvalue weighted by Crippen LogP contribution is 2.20. The van der Waals surface area contributed by atoms with E-state index in [4.69, 9.17) is 9.84 Å². The molecule has 1 aromatic heterocycles. The molecule has 1 heterocycles. The van der Waals surface area contributed by atoms with Crippen LogP contribution in [-0.2, 0) is 20.7 Å². The summed E-state index contributed by atoms with van der Waals surface area (Å²) in [7, 11) is 0. The number of hydrogen-bond donors (Lipinski definition) is 1. The predicted octanol–water partition coefficient (Wildman–Crippen LogP) is 1.07. The van der Waals surface area contributed by atoms with E-state index in [2.05, 4.69) is 9.97 Å². The summed E-state index contributed by atoms with van der Waals surface area (Å²) in [5.74, 6) is -0.872. The van der Waals surface area contributed by atoms with E-state index < -0.39 is 5.97 Å². The van der Waals surface area contributed by atoms with Crippen molar-refractivity contribution in [3.05, 3.63) is 17.6 Å². The summed E-state index contributed by atoms with van der Waals surface area (Å²) in [6.07, 6.45) is 1.58. The summed E-state index contributed by atoms with van der Waals surface area (Å²) in [5.41, 5.74) is 0.588. The Hall–Kier alpha value is -1.63. The zero-order valence-electron chi connectivity index (χ0n) is 10.2. The fourth-order valence-electron chi connectivity index (χ4n) is 1.22. The molecule has 0 radical (unpaired) electrons. The predicted molar refractivity (Wildman–Crippen MR) is 65.5 cm³/mol. The number of esters is 1. The molecule has 0 bridgehead atoms. The van der Waals surface area contributed by atoms with E-state index in [-0.39, 0.29) is 18.1 Å². The Morgan fingerprint density at radius 3 is 2.83 bits per heavy atom. The Bertz CT molecular complexity index is 451. The van der Waals surface area contributed by atoms with E-state index in [0.29, 0.717) is 23.0 Å². The molecule has 0 saturated carbocycles. The number of rotatable bonds is 6. The lowest BCUT2D eigenvalue weighted by Crippen LogP contribution is -2.10. The Balaban J connectivity index is 2.82. The van der Waals surface area contributed by atoms with Gasteiger partial charge in [-0.25, -0.2) is 9.97 Å². The number of carboxylic acid groups (broad SMARTS) is 1. The van der Waals surface area contributed by atoms with Crippen molar-refractivity contribution in [1.82, 2.24) is 9.97 Å². The van der Waals surface area contributed by atoms with Crippen molar-refractivity contribution in [2.24, 2.45) is 0 Å². The van der Waals surface area contributed by atoms with E-state index in [0.717, 1.165) is 11.8 Å². The van der Waals surface area contributed by atoms with Crippen LogP contribution in [0.3, 0.4) is 0 Å². The van der Waals surface area contributed by atoms with Crippen molar-refractivity contribution in [3.63, 3.8) is 0 Å². The maximum atomic E-state index is 11.4. The van der Waals surface area contributed by atoms with Crippen molar-refractivity contribution in [2.45, 2.75) is 25.3 Å². The van der Waals surface area contributed by atoms with Gasteiger partial charge in [0.25, 0.3) is 0 Å². The van der Waals surface area contributed by atoms with E-state index >= 15 is 0 Å². The minimum atomic E-state index is -0.932. The van der Waals surface area contributed by atoms with Crippen LogP contribution in [0.2, 0.25) is 0 Å². The molecule has 0 aliphatic rings. The van der Waals surface area contributed by atoms with Crippen LogP contribution in [0, 0.1) is 6.92 Å². The van der Waals surface area contributed by atoms with Gasteiger partial charge in [-0.15, -0.1) is 0 Å². The Labute approximate surface area is 109 Å². The molecule has 1 N–H and O–H groups in total. The largest absolute Gasteiger partial charge is 0.481 e.